The fourth-order valence-electron chi connectivity index (χ4n) is 2.31. The Morgan fingerprint density at radius 2 is 1.79 bits per heavy atom. The first kappa shape index (κ1) is 22.4. The summed E-state index contributed by atoms with van der Waals surface area (Å²) < 4.78 is 23.8. The highest BCUT2D eigenvalue weighted by molar-refractivity contribution is 6.30. The lowest BCUT2D eigenvalue weighted by atomic mass is 10.1. The van der Waals surface area contributed by atoms with Gasteiger partial charge in [0, 0.05) is 17.0 Å². The van der Waals surface area contributed by atoms with E-state index in [1.54, 1.807) is 24.3 Å². The van der Waals surface area contributed by atoms with E-state index in [2.05, 4.69) is 5.32 Å². The maximum absolute atomic E-state index is 13.6. The number of halogens is 2. The molecule has 0 radical (unpaired) electrons. The molecule has 2 aromatic carbocycles. The molecular formula is C21H21ClFNO5. The molecule has 0 aliphatic carbocycles. The molecule has 0 unspecified atom stereocenters. The molecule has 0 saturated heterocycles. The minimum atomic E-state index is -0.714. The highest BCUT2D eigenvalue weighted by atomic mass is 35.5. The molecule has 0 aromatic heterocycles. The molecule has 0 atom stereocenters. The van der Waals surface area contributed by atoms with Gasteiger partial charge in [0.15, 0.2) is 12.4 Å². The molecule has 0 heterocycles. The molecule has 2 aromatic rings. The van der Waals surface area contributed by atoms with Crippen molar-refractivity contribution in [3.05, 3.63) is 58.9 Å². The molecular weight excluding hydrogens is 401 g/mol. The van der Waals surface area contributed by atoms with E-state index in [0.29, 0.717) is 17.9 Å². The number of hydrogen-bond acceptors (Lipinski definition) is 5. The lowest BCUT2D eigenvalue weighted by molar-refractivity contribution is -0.147. The van der Waals surface area contributed by atoms with Crippen LogP contribution in [0.15, 0.2) is 42.5 Å². The number of esters is 1. The summed E-state index contributed by atoms with van der Waals surface area (Å²) in [6.07, 6.45) is 0.652. The molecule has 2 rings (SSSR count). The number of carbonyl (C=O) groups excluding carboxylic acids is 3. The second-order valence-corrected chi connectivity index (χ2v) is 6.57. The van der Waals surface area contributed by atoms with Gasteiger partial charge in [0.25, 0.3) is 5.91 Å². The van der Waals surface area contributed by atoms with Gasteiger partial charge in [-0.3, -0.25) is 14.4 Å². The molecule has 8 heteroatoms. The Morgan fingerprint density at radius 3 is 2.48 bits per heavy atom. The van der Waals surface area contributed by atoms with E-state index >= 15 is 0 Å². The molecule has 1 N–H and O–H groups in total. The Morgan fingerprint density at radius 1 is 1.07 bits per heavy atom. The number of carbonyl (C=O) groups is 3. The van der Waals surface area contributed by atoms with Crippen LogP contribution in [-0.2, 0) is 14.3 Å². The summed E-state index contributed by atoms with van der Waals surface area (Å²) in [5, 5.41) is 2.51. The van der Waals surface area contributed by atoms with Crippen LogP contribution < -0.4 is 10.1 Å². The van der Waals surface area contributed by atoms with Gasteiger partial charge in [-0.1, -0.05) is 18.5 Å². The molecule has 0 aliphatic heterocycles. The molecule has 154 valence electrons. The molecule has 0 saturated carbocycles. The number of rotatable bonds is 10. The van der Waals surface area contributed by atoms with Crippen molar-refractivity contribution in [3.8, 4) is 5.75 Å². The van der Waals surface area contributed by atoms with Gasteiger partial charge in [-0.15, -0.1) is 0 Å². The third-order valence-electron chi connectivity index (χ3n) is 3.77. The van der Waals surface area contributed by atoms with Crippen molar-refractivity contribution < 1.29 is 28.2 Å². The van der Waals surface area contributed by atoms with E-state index in [9.17, 15) is 18.8 Å². The highest BCUT2D eigenvalue weighted by Gasteiger charge is 2.13. The Balaban J connectivity index is 1.74. The van der Waals surface area contributed by atoms with Crippen molar-refractivity contribution in [2.45, 2.75) is 26.2 Å². The van der Waals surface area contributed by atoms with Crippen molar-refractivity contribution >= 4 is 34.9 Å². The zero-order chi connectivity index (χ0) is 21.2. The average Bonchev–Trinajstić information content (AvgIpc) is 2.72. The van der Waals surface area contributed by atoms with Gasteiger partial charge in [0.05, 0.1) is 18.7 Å². The van der Waals surface area contributed by atoms with Gasteiger partial charge in [0.2, 0.25) is 0 Å². The zero-order valence-electron chi connectivity index (χ0n) is 15.9. The Hall–Kier alpha value is -2.93. The summed E-state index contributed by atoms with van der Waals surface area (Å²) in [6.45, 7) is 2.00. The summed E-state index contributed by atoms with van der Waals surface area (Å²) in [6, 6.07) is 10.3. The molecule has 0 spiro atoms. The monoisotopic (exact) mass is 421 g/mol. The van der Waals surface area contributed by atoms with Crippen LogP contribution in [0.4, 0.5) is 10.1 Å². The van der Waals surface area contributed by atoms with Gasteiger partial charge in [0.1, 0.15) is 11.6 Å². The summed E-state index contributed by atoms with van der Waals surface area (Å²) in [5.74, 6) is -1.64. The van der Waals surface area contributed by atoms with Gasteiger partial charge in [-0.25, -0.2) is 4.39 Å². The van der Waals surface area contributed by atoms with Crippen LogP contribution in [0.1, 0.15) is 36.5 Å². The van der Waals surface area contributed by atoms with Crippen LogP contribution in [-0.4, -0.2) is 30.9 Å². The number of amides is 1. The van der Waals surface area contributed by atoms with Crippen molar-refractivity contribution in [2.24, 2.45) is 0 Å². The van der Waals surface area contributed by atoms with Crippen LogP contribution in [0.3, 0.4) is 0 Å². The predicted octanol–water partition coefficient (Wildman–Crippen LogP) is 4.41. The average molecular weight is 422 g/mol. The van der Waals surface area contributed by atoms with Crippen molar-refractivity contribution in [1.29, 1.82) is 0 Å². The molecule has 1 amide bonds. The standard InChI is InChI=1S/C21H21ClFNO5/c1-2-11-28-16-6-3-14(4-7-16)19(25)9-10-21(27)29-13-20(26)24-18-12-15(22)5-8-17(18)23/h3-8,12H,2,9-11,13H2,1H3,(H,24,26). The number of hydrogen-bond donors (Lipinski definition) is 1. The lowest BCUT2D eigenvalue weighted by Gasteiger charge is -2.08. The first-order valence-corrected chi connectivity index (χ1v) is 9.43. The van der Waals surface area contributed by atoms with Crippen molar-refractivity contribution in [3.63, 3.8) is 0 Å². The molecule has 0 aliphatic rings. The second-order valence-electron chi connectivity index (χ2n) is 6.13. The number of ether oxygens (including phenoxy) is 2. The Labute approximate surface area is 173 Å². The third kappa shape index (κ3) is 7.54. The summed E-state index contributed by atoms with van der Waals surface area (Å²) >= 11 is 5.74. The molecule has 6 nitrogen and oxygen atoms in total. The first-order chi connectivity index (χ1) is 13.9. The van der Waals surface area contributed by atoms with E-state index < -0.39 is 24.3 Å². The van der Waals surface area contributed by atoms with E-state index in [0.717, 1.165) is 12.5 Å². The summed E-state index contributed by atoms with van der Waals surface area (Å²) in [5.41, 5.74) is 0.343. The van der Waals surface area contributed by atoms with Crippen molar-refractivity contribution in [2.75, 3.05) is 18.5 Å². The summed E-state index contributed by atoms with van der Waals surface area (Å²) in [7, 11) is 0. The first-order valence-electron chi connectivity index (χ1n) is 9.05. The fraction of sp³-hybridized carbons (Fsp3) is 0.286. The number of Topliss-reactive ketones (excluding diaryl/α,β-unsaturated/α-hetero) is 1. The van der Waals surface area contributed by atoms with Crippen LogP contribution in [0.2, 0.25) is 5.02 Å². The van der Waals surface area contributed by atoms with Gasteiger partial charge in [-0.2, -0.15) is 0 Å². The number of nitrogens with one attached hydrogen (secondary N) is 1. The molecule has 0 bridgehead atoms. The number of benzene rings is 2. The summed E-state index contributed by atoms with van der Waals surface area (Å²) in [4.78, 5) is 35.7. The topological polar surface area (TPSA) is 81.7 Å². The van der Waals surface area contributed by atoms with Crippen LogP contribution >= 0.6 is 11.6 Å². The third-order valence-corrected chi connectivity index (χ3v) is 4.01. The Kier molecular flexibility index (Phi) is 8.61. The van der Waals surface area contributed by atoms with Crippen LogP contribution in [0.25, 0.3) is 0 Å². The van der Waals surface area contributed by atoms with Crippen LogP contribution in [0.5, 0.6) is 5.75 Å². The van der Waals surface area contributed by atoms with E-state index in [1.807, 2.05) is 6.92 Å². The number of ketones is 1. The minimum absolute atomic E-state index is 0.0570. The predicted molar refractivity (Wildman–Crippen MR) is 107 cm³/mol. The smallest absolute Gasteiger partial charge is 0.306 e. The van der Waals surface area contributed by atoms with E-state index in [-0.39, 0.29) is 29.3 Å². The SMILES string of the molecule is CCCOc1ccc(C(=O)CCC(=O)OCC(=O)Nc2cc(Cl)ccc2F)cc1. The normalized spacial score (nSPS) is 10.3. The van der Waals surface area contributed by atoms with E-state index in [4.69, 9.17) is 21.1 Å². The largest absolute Gasteiger partial charge is 0.494 e. The molecule has 29 heavy (non-hydrogen) atoms. The zero-order valence-corrected chi connectivity index (χ0v) is 16.6. The van der Waals surface area contributed by atoms with Gasteiger partial charge in [-0.05, 0) is 48.9 Å². The van der Waals surface area contributed by atoms with Crippen molar-refractivity contribution in [1.82, 2.24) is 0 Å². The maximum atomic E-state index is 13.6. The number of anilines is 1. The maximum Gasteiger partial charge on any atom is 0.306 e. The quantitative estimate of drug-likeness (QED) is 0.454. The second kappa shape index (κ2) is 11.2. The minimum Gasteiger partial charge on any atom is -0.494 e. The van der Waals surface area contributed by atoms with Gasteiger partial charge >= 0.3 is 5.97 Å². The van der Waals surface area contributed by atoms with E-state index in [1.165, 1.54) is 12.1 Å². The fourth-order valence-corrected chi connectivity index (χ4v) is 2.49. The lowest BCUT2D eigenvalue weighted by Crippen LogP contribution is -2.21. The van der Waals surface area contributed by atoms with Gasteiger partial charge < -0.3 is 14.8 Å². The highest BCUT2D eigenvalue weighted by Crippen LogP contribution is 2.19. The Bertz CT molecular complexity index is 870. The van der Waals surface area contributed by atoms with Crippen LogP contribution in [0, 0.1) is 5.82 Å². The molecule has 0 fully saturated rings.